The summed E-state index contributed by atoms with van der Waals surface area (Å²) >= 11 is 3.38. The Morgan fingerprint density at radius 3 is 2.78 bits per heavy atom. The number of hydrogen-bond acceptors (Lipinski definition) is 6. The second kappa shape index (κ2) is 10.2. The standard InChI is InChI=1S/C23H22BrN3O5/c1-4-6-15-9-14(10-19(31-3)22(15)32-13-21(28)29)12-25-27-20(5-2)26-18-8-7-16(24)11-17(18)23(27)30/h4,7-12H,1,5-6,13H2,2-3H3,(H,28,29). The SMILES string of the molecule is C=CCc1cc(C=Nn2c(CC)nc3ccc(Br)cc3c2=O)cc(OC)c1OCC(=O)O. The van der Waals surface area contributed by atoms with Crippen molar-refractivity contribution in [3.63, 3.8) is 0 Å². The van der Waals surface area contributed by atoms with Crippen LogP contribution in [0, 0.1) is 0 Å². The van der Waals surface area contributed by atoms with Crippen molar-refractivity contribution < 1.29 is 19.4 Å². The van der Waals surface area contributed by atoms with Crippen molar-refractivity contribution in [1.29, 1.82) is 0 Å². The zero-order valence-electron chi connectivity index (χ0n) is 17.7. The number of aliphatic carboxylic acids is 1. The van der Waals surface area contributed by atoms with E-state index in [2.05, 4.69) is 32.6 Å². The van der Waals surface area contributed by atoms with Crippen LogP contribution in [0.25, 0.3) is 10.9 Å². The maximum Gasteiger partial charge on any atom is 0.341 e. The largest absolute Gasteiger partial charge is 0.493 e. The zero-order valence-corrected chi connectivity index (χ0v) is 19.3. The molecule has 166 valence electrons. The monoisotopic (exact) mass is 499 g/mol. The molecule has 0 saturated heterocycles. The van der Waals surface area contributed by atoms with Crippen molar-refractivity contribution in [3.05, 3.63) is 74.8 Å². The summed E-state index contributed by atoms with van der Waals surface area (Å²) in [7, 11) is 1.46. The predicted octanol–water partition coefficient (Wildman–Crippen LogP) is 3.80. The lowest BCUT2D eigenvalue weighted by atomic mass is 10.1. The molecule has 1 heterocycles. The minimum atomic E-state index is -1.09. The first-order valence-corrected chi connectivity index (χ1v) is 10.6. The maximum atomic E-state index is 13.1. The molecule has 32 heavy (non-hydrogen) atoms. The average Bonchev–Trinajstić information content (AvgIpc) is 2.77. The first-order chi connectivity index (χ1) is 15.4. The van der Waals surface area contributed by atoms with Crippen LogP contribution < -0.4 is 15.0 Å². The van der Waals surface area contributed by atoms with E-state index in [9.17, 15) is 9.59 Å². The molecule has 0 aliphatic heterocycles. The van der Waals surface area contributed by atoms with Crippen LogP contribution in [0.4, 0.5) is 0 Å². The summed E-state index contributed by atoms with van der Waals surface area (Å²) in [6.45, 7) is 5.14. The Bertz CT molecular complexity index is 1270. The minimum Gasteiger partial charge on any atom is -0.493 e. The van der Waals surface area contributed by atoms with E-state index in [0.717, 1.165) is 4.47 Å². The molecule has 0 aliphatic rings. The van der Waals surface area contributed by atoms with Gasteiger partial charge in [-0.2, -0.15) is 9.78 Å². The van der Waals surface area contributed by atoms with Gasteiger partial charge in [0, 0.05) is 16.5 Å². The minimum absolute atomic E-state index is 0.274. The number of nitrogens with zero attached hydrogens (tertiary/aromatic N) is 3. The van der Waals surface area contributed by atoms with E-state index in [1.54, 1.807) is 30.3 Å². The first-order valence-electron chi connectivity index (χ1n) is 9.79. The number of aromatic nitrogens is 2. The molecule has 0 aliphatic carbocycles. The summed E-state index contributed by atoms with van der Waals surface area (Å²) in [5.74, 6) is 0.121. The number of allylic oxidation sites excluding steroid dienone is 1. The third-order valence-electron chi connectivity index (χ3n) is 4.59. The highest BCUT2D eigenvalue weighted by atomic mass is 79.9. The summed E-state index contributed by atoms with van der Waals surface area (Å²) in [6, 6.07) is 8.79. The normalized spacial score (nSPS) is 11.1. The molecule has 8 nitrogen and oxygen atoms in total. The molecule has 1 aromatic heterocycles. The van der Waals surface area contributed by atoms with Gasteiger partial charge in [0.1, 0.15) is 5.82 Å². The molecule has 0 spiro atoms. The Morgan fingerprint density at radius 2 is 2.12 bits per heavy atom. The number of halogens is 1. The Balaban J connectivity index is 2.09. The van der Waals surface area contributed by atoms with E-state index in [1.165, 1.54) is 18.0 Å². The van der Waals surface area contributed by atoms with Gasteiger partial charge in [-0.3, -0.25) is 4.79 Å². The zero-order chi connectivity index (χ0) is 23.3. The fraction of sp³-hybridized carbons (Fsp3) is 0.217. The second-order valence-electron chi connectivity index (χ2n) is 6.79. The van der Waals surface area contributed by atoms with Gasteiger partial charge in [-0.15, -0.1) is 6.58 Å². The topological polar surface area (TPSA) is 103 Å². The highest BCUT2D eigenvalue weighted by molar-refractivity contribution is 9.10. The molecule has 3 aromatic rings. The summed E-state index contributed by atoms with van der Waals surface area (Å²) < 4.78 is 12.9. The van der Waals surface area contributed by atoms with Crippen LogP contribution in [0.15, 0.2) is 57.4 Å². The molecule has 2 aromatic carbocycles. The molecule has 0 bridgehead atoms. The van der Waals surface area contributed by atoms with Gasteiger partial charge in [0.25, 0.3) is 5.56 Å². The molecule has 3 rings (SSSR count). The highest BCUT2D eigenvalue weighted by Gasteiger charge is 2.14. The molecular weight excluding hydrogens is 478 g/mol. The lowest BCUT2D eigenvalue weighted by molar-refractivity contribution is -0.139. The van der Waals surface area contributed by atoms with E-state index in [1.807, 2.05) is 13.0 Å². The van der Waals surface area contributed by atoms with Crippen molar-refractivity contribution in [2.75, 3.05) is 13.7 Å². The highest BCUT2D eigenvalue weighted by Crippen LogP contribution is 2.33. The van der Waals surface area contributed by atoms with E-state index in [4.69, 9.17) is 14.6 Å². The quantitative estimate of drug-likeness (QED) is 0.354. The molecule has 0 atom stereocenters. The molecule has 9 heteroatoms. The third kappa shape index (κ3) is 5.05. The summed E-state index contributed by atoms with van der Waals surface area (Å²) in [4.78, 5) is 28.5. The molecule has 0 unspecified atom stereocenters. The summed E-state index contributed by atoms with van der Waals surface area (Å²) in [5.41, 5.74) is 1.66. The number of carboxylic acids is 1. The van der Waals surface area contributed by atoms with Crippen LogP contribution in [-0.2, 0) is 17.6 Å². The van der Waals surface area contributed by atoms with Gasteiger partial charge in [0.15, 0.2) is 18.1 Å². The lowest BCUT2D eigenvalue weighted by Crippen LogP contribution is -2.22. The van der Waals surface area contributed by atoms with Crippen molar-refractivity contribution in [2.24, 2.45) is 5.10 Å². The van der Waals surface area contributed by atoms with Gasteiger partial charge in [-0.05, 0) is 42.3 Å². The smallest absolute Gasteiger partial charge is 0.341 e. The van der Waals surface area contributed by atoms with Crippen LogP contribution in [0.1, 0.15) is 23.9 Å². The van der Waals surface area contributed by atoms with Crippen molar-refractivity contribution in [1.82, 2.24) is 9.66 Å². The molecule has 0 radical (unpaired) electrons. The Morgan fingerprint density at radius 1 is 1.34 bits per heavy atom. The van der Waals surface area contributed by atoms with Crippen LogP contribution in [0.3, 0.4) is 0 Å². The van der Waals surface area contributed by atoms with Crippen molar-refractivity contribution in [3.8, 4) is 11.5 Å². The Hall–Kier alpha value is -3.46. The number of methoxy groups -OCH3 is 1. The molecule has 0 fully saturated rings. The fourth-order valence-corrected chi connectivity index (χ4v) is 3.54. The van der Waals surface area contributed by atoms with E-state index < -0.39 is 12.6 Å². The number of carbonyl (C=O) groups is 1. The van der Waals surface area contributed by atoms with Gasteiger partial charge in [-0.1, -0.05) is 28.9 Å². The Labute approximate surface area is 192 Å². The van der Waals surface area contributed by atoms with Gasteiger partial charge in [-0.25, -0.2) is 9.78 Å². The van der Waals surface area contributed by atoms with Crippen molar-refractivity contribution in [2.45, 2.75) is 19.8 Å². The summed E-state index contributed by atoms with van der Waals surface area (Å²) in [6.07, 6.45) is 4.15. The predicted molar refractivity (Wildman–Crippen MR) is 126 cm³/mol. The van der Waals surface area contributed by atoms with Crippen LogP contribution in [0.5, 0.6) is 11.5 Å². The summed E-state index contributed by atoms with van der Waals surface area (Å²) in [5, 5.41) is 13.8. The van der Waals surface area contributed by atoms with E-state index in [-0.39, 0.29) is 5.56 Å². The van der Waals surface area contributed by atoms with Crippen molar-refractivity contribution >= 4 is 39.0 Å². The second-order valence-corrected chi connectivity index (χ2v) is 7.71. The number of carboxylic acid groups (broad SMARTS) is 1. The number of hydrogen-bond donors (Lipinski definition) is 1. The molecular formula is C23H22BrN3O5. The number of fused-ring (bicyclic) bond motifs is 1. The number of rotatable bonds is 9. The number of benzene rings is 2. The van der Waals surface area contributed by atoms with Crippen LogP contribution in [-0.4, -0.2) is 40.7 Å². The van der Waals surface area contributed by atoms with E-state index in [0.29, 0.717) is 52.2 Å². The number of aryl methyl sites for hydroxylation is 1. The lowest BCUT2D eigenvalue weighted by Gasteiger charge is -2.14. The third-order valence-corrected chi connectivity index (χ3v) is 5.09. The molecule has 1 N–H and O–H groups in total. The van der Waals surface area contributed by atoms with Gasteiger partial charge < -0.3 is 14.6 Å². The van der Waals surface area contributed by atoms with Gasteiger partial charge >= 0.3 is 5.97 Å². The first kappa shape index (κ1) is 23.2. The molecule has 0 saturated carbocycles. The average molecular weight is 500 g/mol. The van der Waals surface area contributed by atoms with Gasteiger partial charge in [0.05, 0.1) is 24.2 Å². The van der Waals surface area contributed by atoms with Gasteiger partial charge in [0.2, 0.25) is 0 Å². The molecule has 0 amide bonds. The number of ether oxygens (including phenoxy) is 2. The van der Waals surface area contributed by atoms with Crippen LogP contribution in [0.2, 0.25) is 0 Å². The maximum absolute atomic E-state index is 13.1. The van der Waals surface area contributed by atoms with E-state index >= 15 is 0 Å². The Kier molecular flexibility index (Phi) is 7.42. The fourth-order valence-electron chi connectivity index (χ4n) is 3.18. The van der Waals surface area contributed by atoms with Crippen LogP contribution >= 0.6 is 15.9 Å².